The lowest BCUT2D eigenvalue weighted by Crippen LogP contribution is -2.22. The Bertz CT molecular complexity index is 266. The van der Waals surface area contributed by atoms with Crippen LogP contribution in [0.15, 0.2) is 16.8 Å². The molecular formula is C12H19NS. The van der Waals surface area contributed by atoms with Crippen molar-refractivity contribution >= 4 is 11.3 Å². The zero-order chi connectivity index (χ0) is 9.97. The van der Waals surface area contributed by atoms with Crippen LogP contribution in [0.5, 0.6) is 0 Å². The third kappa shape index (κ3) is 2.58. The van der Waals surface area contributed by atoms with Crippen molar-refractivity contribution in [3.05, 3.63) is 22.4 Å². The van der Waals surface area contributed by atoms with Gasteiger partial charge >= 0.3 is 0 Å². The molecule has 1 fully saturated rings. The molecule has 0 amide bonds. The first-order chi connectivity index (χ1) is 6.77. The predicted octanol–water partition coefficient (Wildman–Crippen LogP) is 3.10. The Hall–Kier alpha value is -0.340. The maximum Gasteiger partial charge on any atom is -0.00143 e. The lowest BCUT2D eigenvalue weighted by Gasteiger charge is -2.06. The van der Waals surface area contributed by atoms with Crippen molar-refractivity contribution in [3.8, 4) is 0 Å². The van der Waals surface area contributed by atoms with E-state index in [4.69, 9.17) is 0 Å². The fourth-order valence-electron chi connectivity index (χ4n) is 1.92. The van der Waals surface area contributed by atoms with Crippen LogP contribution in [0.3, 0.4) is 0 Å². The number of nitrogens with one attached hydrogen (secondary N) is 1. The molecule has 1 heterocycles. The minimum atomic E-state index is 0.772. The van der Waals surface area contributed by atoms with Gasteiger partial charge in [-0.1, -0.05) is 13.8 Å². The van der Waals surface area contributed by atoms with Gasteiger partial charge in [0.2, 0.25) is 0 Å². The molecular weight excluding hydrogens is 190 g/mol. The zero-order valence-corrected chi connectivity index (χ0v) is 9.81. The van der Waals surface area contributed by atoms with E-state index in [-0.39, 0.29) is 0 Å². The zero-order valence-electron chi connectivity index (χ0n) is 8.99. The molecule has 0 bridgehead atoms. The van der Waals surface area contributed by atoms with Crippen molar-refractivity contribution in [2.75, 3.05) is 13.1 Å². The molecule has 0 aliphatic heterocycles. The topological polar surface area (TPSA) is 12.0 Å². The normalized spacial score (nSPS) is 25.6. The maximum atomic E-state index is 3.54. The highest BCUT2D eigenvalue weighted by Gasteiger charge is 2.37. The van der Waals surface area contributed by atoms with Gasteiger partial charge in [0.1, 0.15) is 0 Å². The van der Waals surface area contributed by atoms with Crippen LogP contribution in [0.25, 0.3) is 0 Å². The minimum absolute atomic E-state index is 0.772. The van der Waals surface area contributed by atoms with E-state index in [1.807, 2.05) is 11.3 Å². The van der Waals surface area contributed by atoms with Gasteiger partial charge in [0.15, 0.2) is 0 Å². The second-order valence-electron chi connectivity index (χ2n) is 4.71. The summed E-state index contributed by atoms with van der Waals surface area (Å²) in [5.41, 5.74) is 1.56. The van der Waals surface area contributed by atoms with Crippen LogP contribution in [-0.4, -0.2) is 13.1 Å². The van der Waals surface area contributed by atoms with E-state index in [1.54, 1.807) is 5.56 Å². The summed E-state index contributed by atoms with van der Waals surface area (Å²) < 4.78 is 0. The number of rotatable bonds is 5. The third-order valence-electron chi connectivity index (χ3n) is 2.85. The lowest BCUT2D eigenvalue weighted by atomic mass is 10.2. The summed E-state index contributed by atoms with van der Waals surface area (Å²) in [5, 5.41) is 8.03. The molecule has 1 aliphatic rings. The van der Waals surface area contributed by atoms with Gasteiger partial charge in [-0.2, -0.15) is 11.3 Å². The van der Waals surface area contributed by atoms with Crippen molar-refractivity contribution in [3.63, 3.8) is 0 Å². The average molecular weight is 209 g/mol. The minimum Gasteiger partial charge on any atom is -0.316 e. The van der Waals surface area contributed by atoms with Crippen LogP contribution in [0.1, 0.15) is 31.7 Å². The van der Waals surface area contributed by atoms with Crippen LogP contribution in [0, 0.1) is 11.8 Å². The summed E-state index contributed by atoms with van der Waals surface area (Å²) in [7, 11) is 0. The first-order valence-corrected chi connectivity index (χ1v) is 6.44. The second-order valence-corrected chi connectivity index (χ2v) is 5.49. The van der Waals surface area contributed by atoms with E-state index in [9.17, 15) is 0 Å². The smallest absolute Gasteiger partial charge is 0.00143 e. The molecule has 1 saturated carbocycles. The maximum absolute atomic E-state index is 3.54. The van der Waals surface area contributed by atoms with E-state index in [0.29, 0.717) is 0 Å². The Kier molecular flexibility index (Phi) is 3.24. The summed E-state index contributed by atoms with van der Waals surface area (Å²) in [6.07, 6.45) is 1.39. The summed E-state index contributed by atoms with van der Waals surface area (Å²) in [6.45, 7) is 6.89. The first kappa shape index (κ1) is 10.2. The fraction of sp³-hybridized carbons (Fsp3) is 0.667. The van der Waals surface area contributed by atoms with Gasteiger partial charge in [-0.15, -0.1) is 0 Å². The molecule has 1 nitrogen and oxygen atoms in total. The monoisotopic (exact) mass is 209 g/mol. The van der Waals surface area contributed by atoms with Crippen LogP contribution in [-0.2, 0) is 0 Å². The first-order valence-electron chi connectivity index (χ1n) is 5.50. The average Bonchev–Trinajstić information content (AvgIpc) is 2.72. The summed E-state index contributed by atoms with van der Waals surface area (Å²) in [5.74, 6) is 2.54. The molecule has 0 saturated heterocycles. The Morgan fingerprint density at radius 3 is 3.07 bits per heavy atom. The van der Waals surface area contributed by atoms with Gasteiger partial charge in [0.05, 0.1) is 0 Å². The second kappa shape index (κ2) is 4.45. The summed E-state index contributed by atoms with van der Waals surface area (Å²) >= 11 is 1.82. The fourth-order valence-corrected chi connectivity index (χ4v) is 2.65. The summed E-state index contributed by atoms with van der Waals surface area (Å²) in [6, 6.07) is 2.28. The Labute approximate surface area is 90.5 Å². The molecule has 78 valence electrons. The molecule has 14 heavy (non-hydrogen) atoms. The molecule has 2 rings (SSSR count). The quantitative estimate of drug-likeness (QED) is 0.786. The number of hydrogen-bond donors (Lipinski definition) is 1. The molecule has 1 aromatic heterocycles. The molecule has 1 aromatic rings. The Balaban J connectivity index is 1.67. The van der Waals surface area contributed by atoms with Crippen LogP contribution in [0.4, 0.5) is 0 Å². The predicted molar refractivity (Wildman–Crippen MR) is 62.9 cm³/mol. The van der Waals surface area contributed by atoms with Crippen molar-refractivity contribution in [1.82, 2.24) is 5.32 Å². The number of hydrogen-bond acceptors (Lipinski definition) is 2. The van der Waals surface area contributed by atoms with Crippen molar-refractivity contribution in [1.29, 1.82) is 0 Å². The molecule has 0 spiro atoms. The van der Waals surface area contributed by atoms with Gasteiger partial charge < -0.3 is 5.32 Å². The van der Waals surface area contributed by atoms with Gasteiger partial charge in [0, 0.05) is 0 Å². The Morgan fingerprint density at radius 1 is 1.57 bits per heavy atom. The summed E-state index contributed by atoms with van der Waals surface area (Å²) in [4.78, 5) is 0. The molecule has 1 aliphatic carbocycles. The van der Waals surface area contributed by atoms with Crippen molar-refractivity contribution in [2.24, 2.45) is 11.8 Å². The van der Waals surface area contributed by atoms with Crippen molar-refractivity contribution < 1.29 is 0 Å². The molecule has 2 atom stereocenters. The van der Waals surface area contributed by atoms with E-state index < -0.39 is 0 Å². The standard InChI is InChI=1S/C12H19NS/c1-9(2)6-13-7-11-5-12(11)10-3-4-14-8-10/h3-4,8-9,11-13H,5-7H2,1-2H3. The van der Waals surface area contributed by atoms with Crippen LogP contribution < -0.4 is 5.32 Å². The van der Waals surface area contributed by atoms with E-state index >= 15 is 0 Å². The van der Waals surface area contributed by atoms with E-state index in [1.165, 1.54) is 13.0 Å². The third-order valence-corrected chi connectivity index (χ3v) is 3.55. The highest BCUT2D eigenvalue weighted by atomic mass is 32.1. The van der Waals surface area contributed by atoms with Gasteiger partial charge in [-0.05, 0) is 59.7 Å². The highest BCUT2D eigenvalue weighted by molar-refractivity contribution is 7.08. The molecule has 1 N–H and O–H groups in total. The van der Waals surface area contributed by atoms with E-state index in [0.717, 1.165) is 24.3 Å². The van der Waals surface area contributed by atoms with E-state index in [2.05, 4.69) is 36.0 Å². The lowest BCUT2D eigenvalue weighted by molar-refractivity contribution is 0.533. The molecule has 0 radical (unpaired) electrons. The molecule has 2 unspecified atom stereocenters. The van der Waals surface area contributed by atoms with Gasteiger partial charge in [-0.25, -0.2) is 0 Å². The van der Waals surface area contributed by atoms with Crippen molar-refractivity contribution in [2.45, 2.75) is 26.2 Å². The molecule has 0 aromatic carbocycles. The van der Waals surface area contributed by atoms with Crippen LogP contribution in [0.2, 0.25) is 0 Å². The van der Waals surface area contributed by atoms with Crippen LogP contribution >= 0.6 is 11.3 Å². The van der Waals surface area contributed by atoms with Gasteiger partial charge in [0.25, 0.3) is 0 Å². The largest absolute Gasteiger partial charge is 0.316 e. The highest BCUT2D eigenvalue weighted by Crippen LogP contribution is 2.47. The number of thiophene rings is 1. The molecule has 2 heteroatoms. The Morgan fingerprint density at radius 2 is 2.43 bits per heavy atom. The van der Waals surface area contributed by atoms with Gasteiger partial charge in [-0.3, -0.25) is 0 Å². The SMILES string of the molecule is CC(C)CNCC1CC1c1ccsc1.